The third kappa shape index (κ3) is 2.06. The number of alkyl halides is 2. The molecule has 1 nitrogen and oxygen atoms in total. The van der Waals surface area contributed by atoms with E-state index in [1.54, 1.807) is 6.07 Å². The van der Waals surface area contributed by atoms with Crippen LogP contribution in [0.5, 0.6) is 0 Å². The highest BCUT2D eigenvalue weighted by molar-refractivity contribution is 5.98. The van der Waals surface area contributed by atoms with E-state index in [-0.39, 0.29) is 5.56 Å². The van der Waals surface area contributed by atoms with Gasteiger partial charge in [-0.05, 0) is 42.9 Å². The summed E-state index contributed by atoms with van der Waals surface area (Å²) in [6.07, 6.45) is 1.23. The molecule has 80 valence electrons. The van der Waals surface area contributed by atoms with Gasteiger partial charge in [0, 0.05) is 5.56 Å². The molecule has 0 amide bonds. The lowest BCUT2D eigenvalue weighted by Gasteiger charge is -2.16. The molecule has 0 saturated carbocycles. The van der Waals surface area contributed by atoms with E-state index in [9.17, 15) is 13.6 Å². The lowest BCUT2D eigenvalue weighted by atomic mass is 9.90. The average Bonchev–Trinajstić information content (AvgIpc) is 2.27. The molecule has 0 N–H and O–H groups in total. The van der Waals surface area contributed by atoms with E-state index in [0.717, 1.165) is 31.2 Å². The number of fused-ring (bicyclic) bond motifs is 1. The quantitative estimate of drug-likeness (QED) is 0.686. The SMILES string of the molecule is O=C(c1ccc2c(c1)CCCC2)C(F)F. The Kier molecular flexibility index (Phi) is 2.80. The van der Waals surface area contributed by atoms with Crippen molar-refractivity contribution in [1.82, 2.24) is 0 Å². The second-order valence-corrected chi connectivity index (χ2v) is 3.86. The van der Waals surface area contributed by atoms with E-state index < -0.39 is 12.2 Å². The van der Waals surface area contributed by atoms with Gasteiger partial charge in [0.1, 0.15) is 0 Å². The second-order valence-electron chi connectivity index (χ2n) is 3.86. The van der Waals surface area contributed by atoms with Crippen molar-refractivity contribution in [2.24, 2.45) is 0 Å². The van der Waals surface area contributed by atoms with Crippen LogP contribution in [-0.4, -0.2) is 12.2 Å². The molecule has 0 fully saturated rings. The van der Waals surface area contributed by atoms with Gasteiger partial charge in [-0.2, -0.15) is 0 Å². The maximum absolute atomic E-state index is 12.2. The Balaban J connectivity index is 2.32. The Bertz CT molecular complexity index is 385. The average molecular weight is 210 g/mol. The van der Waals surface area contributed by atoms with Gasteiger partial charge in [0.15, 0.2) is 0 Å². The highest BCUT2D eigenvalue weighted by atomic mass is 19.3. The predicted molar refractivity (Wildman–Crippen MR) is 53.4 cm³/mol. The van der Waals surface area contributed by atoms with Crippen LogP contribution in [0.4, 0.5) is 8.78 Å². The Labute approximate surface area is 87.1 Å². The minimum absolute atomic E-state index is 0.144. The van der Waals surface area contributed by atoms with Crippen LogP contribution in [0.15, 0.2) is 18.2 Å². The molecule has 0 radical (unpaired) electrons. The van der Waals surface area contributed by atoms with E-state index in [2.05, 4.69) is 0 Å². The van der Waals surface area contributed by atoms with E-state index in [4.69, 9.17) is 0 Å². The maximum Gasteiger partial charge on any atom is 0.300 e. The number of hydrogen-bond donors (Lipinski definition) is 0. The van der Waals surface area contributed by atoms with E-state index in [1.807, 2.05) is 6.07 Å². The Morgan fingerprint density at radius 3 is 2.47 bits per heavy atom. The van der Waals surface area contributed by atoms with Crippen LogP contribution >= 0.6 is 0 Å². The monoisotopic (exact) mass is 210 g/mol. The summed E-state index contributed by atoms with van der Waals surface area (Å²) < 4.78 is 24.4. The van der Waals surface area contributed by atoms with Crippen molar-refractivity contribution in [3.63, 3.8) is 0 Å². The number of carbonyl (C=O) groups is 1. The zero-order valence-electron chi connectivity index (χ0n) is 8.30. The van der Waals surface area contributed by atoms with Gasteiger partial charge in [-0.3, -0.25) is 4.79 Å². The Morgan fingerprint density at radius 1 is 1.13 bits per heavy atom. The van der Waals surface area contributed by atoms with Gasteiger partial charge >= 0.3 is 6.43 Å². The minimum Gasteiger partial charge on any atom is -0.288 e. The molecule has 0 unspecified atom stereocenters. The standard InChI is InChI=1S/C12H12F2O/c13-12(14)11(15)10-6-5-8-3-1-2-4-9(8)7-10/h5-7,12H,1-4H2. The van der Waals surface area contributed by atoms with Crippen LogP contribution in [0, 0.1) is 0 Å². The van der Waals surface area contributed by atoms with Crippen LogP contribution in [0.25, 0.3) is 0 Å². The van der Waals surface area contributed by atoms with Crippen LogP contribution in [0.2, 0.25) is 0 Å². The van der Waals surface area contributed by atoms with E-state index in [1.165, 1.54) is 11.6 Å². The van der Waals surface area contributed by atoms with Crippen LogP contribution < -0.4 is 0 Å². The Hall–Kier alpha value is -1.25. The summed E-state index contributed by atoms with van der Waals surface area (Å²) in [5.41, 5.74) is 2.41. The van der Waals surface area contributed by atoms with Crippen molar-refractivity contribution in [1.29, 1.82) is 0 Å². The molecular weight excluding hydrogens is 198 g/mol. The van der Waals surface area contributed by atoms with Crippen LogP contribution in [0.1, 0.15) is 34.3 Å². The largest absolute Gasteiger partial charge is 0.300 e. The van der Waals surface area contributed by atoms with Crippen molar-refractivity contribution in [3.8, 4) is 0 Å². The number of benzene rings is 1. The van der Waals surface area contributed by atoms with Crippen molar-refractivity contribution >= 4 is 5.78 Å². The summed E-state index contributed by atoms with van der Waals surface area (Å²) in [4.78, 5) is 11.1. The van der Waals surface area contributed by atoms with Gasteiger partial charge in [0.25, 0.3) is 0 Å². The fourth-order valence-electron chi connectivity index (χ4n) is 2.01. The van der Waals surface area contributed by atoms with Crippen molar-refractivity contribution in [2.75, 3.05) is 0 Å². The van der Waals surface area contributed by atoms with Gasteiger partial charge in [-0.1, -0.05) is 12.1 Å². The summed E-state index contributed by atoms with van der Waals surface area (Å²) in [6.45, 7) is 0. The number of hydrogen-bond acceptors (Lipinski definition) is 1. The number of carbonyl (C=O) groups excluding carboxylic acids is 1. The summed E-state index contributed by atoms with van der Waals surface area (Å²) in [5.74, 6) is -1.07. The number of aryl methyl sites for hydroxylation is 2. The molecule has 3 heteroatoms. The highest BCUT2D eigenvalue weighted by Crippen LogP contribution is 2.23. The molecule has 0 saturated heterocycles. The second kappa shape index (κ2) is 4.09. The first kappa shape index (κ1) is 10.3. The normalized spacial score (nSPS) is 15.1. The van der Waals surface area contributed by atoms with Gasteiger partial charge in [0.2, 0.25) is 5.78 Å². The smallest absolute Gasteiger partial charge is 0.288 e. The number of Topliss-reactive ketones (excluding diaryl/α,β-unsaturated/α-hetero) is 1. The zero-order chi connectivity index (χ0) is 10.8. The molecule has 0 bridgehead atoms. The fraction of sp³-hybridized carbons (Fsp3) is 0.417. The first-order valence-electron chi connectivity index (χ1n) is 5.12. The first-order valence-corrected chi connectivity index (χ1v) is 5.12. The van der Waals surface area contributed by atoms with E-state index in [0.29, 0.717) is 0 Å². The lowest BCUT2D eigenvalue weighted by Crippen LogP contribution is -2.12. The molecule has 0 atom stereocenters. The van der Waals surface area contributed by atoms with Gasteiger partial charge in [0.05, 0.1) is 0 Å². The molecule has 1 aromatic carbocycles. The molecule has 0 spiro atoms. The van der Waals surface area contributed by atoms with Crippen molar-refractivity contribution < 1.29 is 13.6 Å². The molecule has 0 heterocycles. The molecule has 1 aliphatic rings. The molecular formula is C12H12F2O. The van der Waals surface area contributed by atoms with Crippen molar-refractivity contribution in [3.05, 3.63) is 34.9 Å². The van der Waals surface area contributed by atoms with Crippen molar-refractivity contribution in [2.45, 2.75) is 32.1 Å². The summed E-state index contributed by atoms with van der Waals surface area (Å²) in [6, 6.07) is 4.95. The number of ketones is 1. The molecule has 15 heavy (non-hydrogen) atoms. The third-order valence-electron chi connectivity index (χ3n) is 2.83. The molecule has 0 aromatic heterocycles. The van der Waals surface area contributed by atoms with Gasteiger partial charge in [-0.15, -0.1) is 0 Å². The third-order valence-corrected chi connectivity index (χ3v) is 2.83. The zero-order valence-corrected chi connectivity index (χ0v) is 8.30. The van der Waals surface area contributed by atoms with Gasteiger partial charge in [-0.25, -0.2) is 8.78 Å². The molecule has 0 aliphatic heterocycles. The fourth-order valence-corrected chi connectivity index (χ4v) is 2.01. The molecule has 1 aliphatic carbocycles. The molecule has 2 rings (SSSR count). The topological polar surface area (TPSA) is 17.1 Å². The summed E-state index contributed by atoms with van der Waals surface area (Å²) >= 11 is 0. The highest BCUT2D eigenvalue weighted by Gasteiger charge is 2.19. The predicted octanol–water partition coefficient (Wildman–Crippen LogP) is 3.01. The van der Waals surface area contributed by atoms with E-state index >= 15 is 0 Å². The number of rotatable bonds is 2. The summed E-state index contributed by atoms with van der Waals surface area (Å²) in [7, 11) is 0. The Morgan fingerprint density at radius 2 is 1.80 bits per heavy atom. The lowest BCUT2D eigenvalue weighted by molar-refractivity contribution is 0.0678. The van der Waals surface area contributed by atoms with Gasteiger partial charge < -0.3 is 0 Å². The number of halogens is 2. The van der Waals surface area contributed by atoms with Crippen LogP contribution in [0.3, 0.4) is 0 Å². The maximum atomic E-state index is 12.2. The summed E-state index contributed by atoms with van der Waals surface area (Å²) in [5, 5.41) is 0. The first-order chi connectivity index (χ1) is 7.18. The minimum atomic E-state index is -2.90. The van der Waals surface area contributed by atoms with Crippen LogP contribution in [-0.2, 0) is 12.8 Å². The molecule has 1 aromatic rings.